The van der Waals surface area contributed by atoms with Gasteiger partial charge in [-0.2, -0.15) is 4.39 Å². The SMILES string of the molecule is O=[N+]([O-])c1c(F)cccc1S(=O)(=O)Nc1cccnc1Cl. The molecule has 7 nitrogen and oxygen atoms in total. The summed E-state index contributed by atoms with van der Waals surface area (Å²) >= 11 is 5.71. The number of halogens is 2. The molecular formula is C11H7ClFN3O4S. The zero-order chi connectivity index (χ0) is 15.6. The average molecular weight is 332 g/mol. The number of benzene rings is 1. The minimum Gasteiger partial charge on any atom is -0.276 e. The standard InChI is InChI=1S/C11H7ClFN3O4S/c12-11-8(4-2-6-14-11)15-21(19,20)9-5-1-3-7(13)10(9)16(17)18/h1-6,15H. The van der Waals surface area contributed by atoms with Crippen LogP contribution in [0, 0.1) is 15.9 Å². The van der Waals surface area contributed by atoms with E-state index >= 15 is 0 Å². The molecule has 0 bridgehead atoms. The highest BCUT2D eigenvalue weighted by atomic mass is 35.5. The molecular weight excluding hydrogens is 325 g/mol. The number of pyridine rings is 1. The molecule has 0 radical (unpaired) electrons. The van der Waals surface area contributed by atoms with Crippen molar-refractivity contribution in [2.45, 2.75) is 4.90 Å². The Balaban J connectivity index is 2.53. The lowest BCUT2D eigenvalue weighted by molar-refractivity contribution is -0.390. The Morgan fingerprint density at radius 1 is 1.29 bits per heavy atom. The van der Waals surface area contributed by atoms with Gasteiger partial charge in [-0.1, -0.05) is 17.7 Å². The van der Waals surface area contributed by atoms with Crippen molar-refractivity contribution in [3.8, 4) is 0 Å². The van der Waals surface area contributed by atoms with Crippen molar-refractivity contribution in [1.82, 2.24) is 4.98 Å². The number of hydrogen-bond acceptors (Lipinski definition) is 5. The number of nitrogens with one attached hydrogen (secondary N) is 1. The highest BCUT2D eigenvalue weighted by Gasteiger charge is 2.29. The summed E-state index contributed by atoms with van der Waals surface area (Å²) in [5.74, 6) is -1.25. The Labute approximate surface area is 123 Å². The van der Waals surface area contributed by atoms with Gasteiger partial charge in [0.25, 0.3) is 10.0 Å². The zero-order valence-electron chi connectivity index (χ0n) is 10.2. The molecule has 0 aliphatic heterocycles. The van der Waals surface area contributed by atoms with Gasteiger partial charge < -0.3 is 0 Å². The van der Waals surface area contributed by atoms with Gasteiger partial charge in [0.15, 0.2) is 10.0 Å². The maximum Gasteiger partial charge on any atom is 0.325 e. The molecule has 0 amide bonds. The van der Waals surface area contributed by atoms with E-state index in [1.54, 1.807) is 0 Å². The van der Waals surface area contributed by atoms with Gasteiger partial charge >= 0.3 is 5.69 Å². The zero-order valence-corrected chi connectivity index (χ0v) is 11.7. The molecule has 1 aromatic heterocycles. The lowest BCUT2D eigenvalue weighted by Crippen LogP contribution is -2.15. The summed E-state index contributed by atoms with van der Waals surface area (Å²) in [4.78, 5) is 12.6. The Morgan fingerprint density at radius 3 is 2.62 bits per heavy atom. The highest BCUT2D eigenvalue weighted by molar-refractivity contribution is 7.92. The first-order chi connectivity index (χ1) is 9.83. The number of nitro benzene ring substituents is 1. The van der Waals surface area contributed by atoms with Crippen LogP contribution in [0.2, 0.25) is 5.15 Å². The van der Waals surface area contributed by atoms with Crippen molar-refractivity contribution in [3.05, 3.63) is 57.6 Å². The van der Waals surface area contributed by atoms with E-state index < -0.39 is 31.3 Å². The molecule has 0 saturated carbocycles. The molecule has 0 spiro atoms. The van der Waals surface area contributed by atoms with Crippen LogP contribution in [0.15, 0.2) is 41.4 Å². The summed E-state index contributed by atoms with van der Waals surface area (Å²) in [5.41, 5.74) is -1.21. The summed E-state index contributed by atoms with van der Waals surface area (Å²) in [5, 5.41) is 10.7. The van der Waals surface area contributed by atoms with E-state index in [0.717, 1.165) is 18.2 Å². The van der Waals surface area contributed by atoms with E-state index in [-0.39, 0.29) is 10.8 Å². The van der Waals surface area contributed by atoms with E-state index in [1.807, 2.05) is 4.72 Å². The van der Waals surface area contributed by atoms with Gasteiger partial charge in [-0.15, -0.1) is 0 Å². The summed E-state index contributed by atoms with van der Waals surface area (Å²) in [6.45, 7) is 0. The van der Waals surface area contributed by atoms with Crippen molar-refractivity contribution < 1.29 is 17.7 Å². The first-order valence-corrected chi connectivity index (χ1v) is 7.25. The van der Waals surface area contributed by atoms with Crippen molar-refractivity contribution in [1.29, 1.82) is 0 Å². The van der Waals surface area contributed by atoms with E-state index in [2.05, 4.69) is 4.98 Å². The predicted octanol–water partition coefficient (Wildman–Crippen LogP) is 2.58. The van der Waals surface area contributed by atoms with Crippen LogP contribution in [0.3, 0.4) is 0 Å². The number of anilines is 1. The molecule has 0 aliphatic rings. The fourth-order valence-corrected chi connectivity index (χ4v) is 3.02. The summed E-state index contributed by atoms with van der Waals surface area (Å²) in [6, 6.07) is 5.52. The number of aromatic nitrogens is 1. The molecule has 0 unspecified atom stereocenters. The first-order valence-electron chi connectivity index (χ1n) is 5.39. The monoisotopic (exact) mass is 331 g/mol. The van der Waals surface area contributed by atoms with E-state index in [1.165, 1.54) is 18.3 Å². The third-order valence-electron chi connectivity index (χ3n) is 2.43. The van der Waals surface area contributed by atoms with E-state index in [0.29, 0.717) is 0 Å². The van der Waals surface area contributed by atoms with Gasteiger partial charge in [-0.25, -0.2) is 13.4 Å². The molecule has 0 saturated heterocycles. The fraction of sp³-hybridized carbons (Fsp3) is 0. The molecule has 10 heteroatoms. The molecule has 21 heavy (non-hydrogen) atoms. The van der Waals surface area contributed by atoms with Crippen molar-refractivity contribution >= 4 is 33.0 Å². The van der Waals surface area contributed by atoms with Gasteiger partial charge in [0.2, 0.25) is 5.82 Å². The highest BCUT2D eigenvalue weighted by Crippen LogP contribution is 2.29. The minimum absolute atomic E-state index is 0.0716. The Bertz CT molecular complexity index is 813. The van der Waals surface area contributed by atoms with Crippen LogP contribution in [-0.2, 0) is 10.0 Å². The second-order valence-corrected chi connectivity index (χ2v) is 5.80. The van der Waals surface area contributed by atoms with Crippen LogP contribution in [-0.4, -0.2) is 18.3 Å². The number of hydrogen-bond donors (Lipinski definition) is 1. The van der Waals surface area contributed by atoms with Crippen LogP contribution >= 0.6 is 11.6 Å². The molecule has 110 valence electrons. The Hall–Kier alpha value is -2.26. The lowest BCUT2D eigenvalue weighted by atomic mass is 10.3. The van der Waals surface area contributed by atoms with Gasteiger partial charge in [-0.3, -0.25) is 14.8 Å². The minimum atomic E-state index is -4.39. The number of rotatable bonds is 4. The normalized spacial score (nSPS) is 11.1. The lowest BCUT2D eigenvalue weighted by Gasteiger charge is -2.09. The molecule has 0 fully saturated rings. The third kappa shape index (κ3) is 3.09. The first kappa shape index (κ1) is 15.1. The van der Waals surface area contributed by atoms with Crippen LogP contribution in [0.4, 0.5) is 15.8 Å². The largest absolute Gasteiger partial charge is 0.325 e. The third-order valence-corrected chi connectivity index (χ3v) is 4.12. The summed E-state index contributed by atoms with van der Waals surface area (Å²) < 4.78 is 39.8. The maximum atomic E-state index is 13.5. The van der Waals surface area contributed by atoms with Gasteiger partial charge in [0.1, 0.15) is 0 Å². The summed E-state index contributed by atoms with van der Waals surface area (Å²) in [6.07, 6.45) is 1.34. The quantitative estimate of drug-likeness (QED) is 0.527. The van der Waals surface area contributed by atoms with Crippen LogP contribution in [0.5, 0.6) is 0 Å². The van der Waals surface area contributed by atoms with Crippen LogP contribution in [0.25, 0.3) is 0 Å². The number of nitrogens with zero attached hydrogens (tertiary/aromatic N) is 2. The molecule has 0 atom stereocenters. The molecule has 1 aromatic carbocycles. The average Bonchev–Trinajstić information content (AvgIpc) is 2.40. The van der Waals surface area contributed by atoms with Gasteiger partial charge in [0.05, 0.1) is 10.6 Å². The Kier molecular flexibility index (Phi) is 4.05. The number of nitro groups is 1. The number of sulfonamides is 1. The van der Waals surface area contributed by atoms with E-state index in [4.69, 9.17) is 11.6 Å². The molecule has 2 rings (SSSR count). The second-order valence-electron chi connectivity index (χ2n) is 3.79. The molecule has 1 heterocycles. The predicted molar refractivity (Wildman–Crippen MR) is 73.1 cm³/mol. The fourth-order valence-electron chi connectivity index (χ4n) is 1.55. The molecule has 2 aromatic rings. The molecule has 0 aliphatic carbocycles. The van der Waals surface area contributed by atoms with Crippen molar-refractivity contribution in [2.75, 3.05) is 4.72 Å². The van der Waals surface area contributed by atoms with Gasteiger partial charge in [0, 0.05) is 6.20 Å². The topological polar surface area (TPSA) is 102 Å². The van der Waals surface area contributed by atoms with Crippen molar-refractivity contribution in [3.63, 3.8) is 0 Å². The number of para-hydroxylation sites is 1. The maximum absolute atomic E-state index is 13.5. The van der Waals surface area contributed by atoms with Crippen LogP contribution in [0.1, 0.15) is 0 Å². The Morgan fingerprint density at radius 2 is 2.00 bits per heavy atom. The smallest absolute Gasteiger partial charge is 0.276 e. The van der Waals surface area contributed by atoms with Crippen molar-refractivity contribution in [2.24, 2.45) is 0 Å². The van der Waals surface area contributed by atoms with Crippen LogP contribution < -0.4 is 4.72 Å². The second kappa shape index (κ2) is 5.62. The summed E-state index contributed by atoms with van der Waals surface area (Å²) in [7, 11) is -4.39. The molecule has 1 N–H and O–H groups in total. The van der Waals surface area contributed by atoms with E-state index in [9.17, 15) is 22.9 Å². The van der Waals surface area contributed by atoms with Gasteiger partial charge in [-0.05, 0) is 24.3 Å².